The first-order valence-electron chi connectivity index (χ1n) is 5.30. The van der Waals surface area contributed by atoms with Gasteiger partial charge in [-0.25, -0.2) is 14.2 Å². The van der Waals surface area contributed by atoms with Crippen molar-refractivity contribution in [1.82, 2.24) is 4.98 Å². The van der Waals surface area contributed by atoms with Gasteiger partial charge in [0, 0.05) is 22.3 Å². The number of aryl methyl sites for hydroxylation is 1. The summed E-state index contributed by atoms with van der Waals surface area (Å²) in [6.07, 6.45) is 1.56. The molecule has 0 saturated heterocycles. The molecule has 0 amide bonds. The number of aromatic carboxylic acids is 1. The highest BCUT2D eigenvalue weighted by Crippen LogP contribution is 2.26. The van der Waals surface area contributed by atoms with E-state index in [0.717, 1.165) is 22.2 Å². The van der Waals surface area contributed by atoms with E-state index < -0.39 is 17.3 Å². The Bertz CT molecular complexity index is 646. The molecule has 0 fully saturated rings. The summed E-state index contributed by atoms with van der Waals surface area (Å²) in [7, 11) is 0. The van der Waals surface area contributed by atoms with E-state index in [9.17, 15) is 9.18 Å². The number of benzene rings is 1. The van der Waals surface area contributed by atoms with Gasteiger partial charge in [-0.05, 0) is 41.1 Å². The lowest BCUT2D eigenvalue weighted by atomic mass is 10.2. The average molecular weight is 326 g/mol. The number of carboxylic acid groups (broad SMARTS) is 1. The second-order valence-corrected chi connectivity index (χ2v) is 4.74. The van der Waals surface area contributed by atoms with E-state index in [1.165, 1.54) is 6.07 Å². The Morgan fingerprint density at radius 2 is 2.16 bits per heavy atom. The minimum Gasteiger partial charge on any atom is -0.478 e. The summed E-state index contributed by atoms with van der Waals surface area (Å²) in [4.78, 5) is 14.7. The smallest absolute Gasteiger partial charge is 0.338 e. The quantitative estimate of drug-likeness (QED) is 0.932. The maximum absolute atomic E-state index is 13.5. The Hall–Kier alpha value is -1.95. The summed E-state index contributed by atoms with van der Waals surface area (Å²) in [6, 6.07) is 5.37. The molecule has 0 unspecified atom stereocenters. The van der Waals surface area contributed by atoms with Crippen LogP contribution in [0, 0.1) is 12.7 Å². The van der Waals surface area contributed by atoms with Crippen LogP contribution in [0.2, 0.25) is 0 Å². The van der Waals surface area contributed by atoms with Gasteiger partial charge in [-0.1, -0.05) is 0 Å². The van der Waals surface area contributed by atoms with Crippen LogP contribution < -0.4 is 4.74 Å². The van der Waals surface area contributed by atoms with Crippen molar-refractivity contribution in [2.75, 3.05) is 0 Å². The van der Waals surface area contributed by atoms with Crippen LogP contribution in [-0.4, -0.2) is 16.1 Å². The van der Waals surface area contributed by atoms with Crippen LogP contribution in [0.3, 0.4) is 0 Å². The zero-order valence-electron chi connectivity index (χ0n) is 9.85. The molecular formula is C13H9BrFNO3. The number of carboxylic acids is 1. The van der Waals surface area contributed by atoms with Crippen molar-refractivity contribution in [1.29, 1.82) is 0 Å². The van der Waals surface area contributed by atoms with Gasteiger partial charge in [0.25, 0.3) is 0 Å². The van der Waals surface area contributed by atoms with E-state index in [4.69, 9.17) is 9.84 Å². The maximum Gasteiger partial charge on any atom is 0.338 e. The minimum atomic E-state index is -1.32. The van der Waals surface area contributed by atoms with Gasteiger partial charge in [-0.15, -0.1) is 0 Å². The molecule has 19 heavy (non-hydrogen) atoms. The average Bonchev–Trinajstić information content (AvgIpc) is 2.32. The Labute approximate surface area is 117 Å². The largest absolute Gasteiger partial charge is 0.478 e. The summed E-state index contributed by atoms with van der Waals surface area (Å²) >= 11 is 3.28. The van der Waals surface area contributed by atoms with Crippen LogP contribution in [-0.2, 0) is 0 Å². The molecule has 0 aliphatic heterocycles. The second-order valence-electron chi connectivity index (χ2n) is 3.82. The highest BCUT2D eigenvalue weighted by atomic mass is 79.9. The normalized spacial score (nSPS) is 10.3. The third kappa shape index (κ3) is 3.08. The van der Waals surface area contributed by atoms with E-state index >= 15 is 0 Å². The third-order valence-electron chi connectivity index (χ3n) is 2.38. The molecule has 0 atom stereocenters. The van der Waals surface area contributed by atoms with Gasteiger partial charge in [-0.3, -0.25) is 0 Å². The molecule has 0 saturated carbocycles. The fourth-order valence-corrected chi connectivity index (χ4v) is 1.92. The molecule has 0 bridgehead atoms. The fourth-order valence-electron chi connectivity index (χ4n) is 1.48. The van der Waals surface area contributed by atoms with Gasteiger partial charge >= 0.3 is 5.97 Å². The molecule has 2 aromatic rings. The van der Waals surface area contributed by atoms with Crippen LogP contribution in [0.4, 0.5) is 4.39 Å². The van der Waals surface area contributed by atoms with Gasteiger partial charge in [-0.2, -0.15) is 0 Å². The number of hydrogen-bond acceptors (Lipinski definition) is 3. The number of aromatic nitrogens is 1. The van der Waals surface area contributed by atoms with Crippen LogP contribution in [0.25, 0.3) is 0 Å². The first-order chi connectivity index (χ1) is 8.97. The Morgan fingerprint density at radius 1 is 1.42 bits per heavy atom. The van der Waals surface area contributed by atoms with Crippen LogP contribution in [0.1, 0.15) is 15.9 Å². The van der Waals surface area contributed by atoms with Crippen molar-refractivity contribution in [3.63, 3.8) is 0 Å². The molecule has 1 aromatic carbocycles. The van der Waals surface area contributed by atoms with Crippen LogP contribution >= 0.6 is 15.9 Å². The summed E-state index contributed by atoms with van der Waals surface area (Å²) in [5.74, 6) is -1.63. The molecule has 1 aromatic heterocycles. The molecule has 0 spiro atoms. The van der Waals surface area contributed by atoms with Crippen molar-refractivity contribution in [3.8, 4) is 11.6 Å². The fraction of sp³-hybridized carbons (Fsp3) is 0.0769. The lowest BCUT2D eigenvalue weighted by Crippen LogP contribution is -2.00. The molecular weight excluding hydrogens is 317 g/mol. The van der Waals surface area contributed by atoms with Crippen LogP contribution in [0.5, 0.6) is 11.6 Å². The first kappa shape index (κ1) is 13.5. The molecule has 4 nitrogen and oxygen atoms in total. The standard InChI is InChI=1S/C13H9BrFNO3/c1-7-4-8(14)6-16-12(7)19-9-2-3-10(13(17)18)11(15)5-9/h2-6H,1H3,(H,17,18). The van der Waals surface area contributed by atoms with Crippen molar-refractivity contribution in [3.05, 3.63) is 51.9 Å². The summed E-state index contributed by atoms with van der Waals surface area (Å²) < 4.78 is 19.7. The molecule has 1 N–H and O–H groups in total. The molecule has 2 rings (SSSR count). The summed E-state index contributed by atoms with van der Waals surface area (Å²) in [5, 5.41) is 8.72. The summed E-state index contributed by atoms with van der Waals surface area (Å²) in [5.41, 5.74) is 0.380. The van der Waals surface area contributed by atoms with Gasteiger partial charge in [0.15, 0.2) is 0 Å². The van der Waals surface area contributed by atoms with Crippen molar-refractivity contribution < 1.29 is 19.0 Å². The molecule has 0 aliphatic rings. The number of rotatable bonds is 3. The Kier molecular flexibility index (Phi) is 3.80. The van der Waals surface area contributed by atoms with Gasteiger partial charge < -0.3 is 9.84 Å². The highest BCUT2D eigenvalue weighted by molar-refractivity contribution is 9.10. The monoisotopic (exact) mass is 325 g/mol. The zero-order valence-corrected chi connectivity index (χ0v) is 11.4. The van der Waals surface area contributed by atoms with Crippen molar-refractivity contribution in [2.24, 2.45) is 0 Å². The lowest BCUT2D eigenvalue weighted by molar-refractivity contribution is 0.0692. The van der Waals surface area contributed by atoms with Crippen molar-refractivity contribution in [2.45, 2.75) is 6.92 Å². The Morgan fingerprint density at radius 3 is 2.74 bits per heavy atom. The van der Waals surface area contributed by atoms with Gasteiger partial charge in [0.2, 0.25) is 5.88 Å². The van der Waals surface area contributed by atoms with E-state index in [1.54, 1.807) is 13.1 Å². The highest BCUT2D eigenvalue weighted by Gasteiger charge is 2.12. The number of halogens is 2. The van der Waals surface area contributed by atoms with Gasteiger partial charge in [0.1, 0.15) is 11.6 Å². The van der Waals surface area contributed by atoms with Crippen LogP contribution in [0.15, 0.2) is 34.9 Å². The Balaban J connectivity index is 2.29. The summed E-state index contributed by atoms with van der Waals surface area (Å²) in [6.45, 7) is 1.80. The lowest BCUT2D eigenvalue weighted by Gasteiger charge is -2.08. The number of nitrogens with zero attached hydrogens (tertiary/aromatic N) is 1. The topological polar surface area (TPSA) is 59.4 Å². The predicted molar refractivity (Wildman–Crippen MR) is 70.1 cm³/mol. The minimum absolute atomic E-state index is 0.195. The second kappa shape index (κ2) is 5.36. The van der Waals surface area contributed by atoms with E-state index in [0.29, 0.717) is 5.88 Å². The first-order valence-corrected chi connectivity index (χ1v) is 6.09. The number of ether oxygens (including phenoxy) is 1. The molecule has 1 heterocycles. The van der Waals surface area contributed by atoms with Crippen molar-refractivity contribution >= 4 is 21.9 Å². The van der Waals surface area contributed by atoms with E-state index in [1.807, 2.05) is 6.07 Å². The molecule has 98 valence electrons. The maximum atomic E-state index is 13.5. The zero-order chi connectivity index (χ0) is 14.0. The molecule has 0 aliphatic carbocycles. The SMILES string of the molecule is Cc1cc(Br)cnc1Oc1ccc(C(=O)O)c(F)c1. The van der Waals surface area contributed by atoms with Gasteiger partial charge in [0.05, 0.1) is 5.56 Å². The van der Waals surface area contributed by atoms with E-state index in [-0.39, 0.29) is 5.75 Å². The number of pyridine rings is 1. The number of carbonyl (C=O) groups is 1. The van der Waals surface area contributed by atoms with E-state index in [2.05, 4.69) is 20.9 Å². The third-order valence-corrected chi connectivity index (χ3v) is 2.82. The number of hydrogen-bond donors (Lipinski definition) is 1. The molecule has 0 radical (unpaired) electrons. The molecule has 6 heteroatoms. The predicted octanol–water partition coefficient (Wildman–Crippen LogP) is 3.78.